The SMILES string of the molecule is COc1cc(-n2ncccc2=O)ccc1OCC(C)C. The van der Waals surface area contributed by atoms with E-state index in [1.165, 1.54) is 10.7 Å². The molecule has 0 spiro atoms. The molecule has 0 amide bonds. The fourth-order valence-electron chi connectivity index (χ4n) is 1.72. The van der Waals surface area contributed by atoms with E-state index in [4.69, 9.17) is 9.47 Å². The molecule has 1 aromatic carbocycles. The average Bonchev–Trinajstić information content (AvgIpc) is 2.45. The Morgan fingerprint density at radius 2 is 2.05 bits per heavy atom. The Labute approximate surface area is 117 Å². The molecule has 0 bridgehead atoms. The molecule has 5 heteroatoms. The lowest BCUT2D eigenvalue weighted by atomic mass is 10.2. The monoisotopic (exact) mass is 274 g/mol. The van der Waals surface area contributed by atoms with Crippen LogP contribution in [0.5, 0.6) is 11.5 Å². The summed E-state index contributed by atoms with van der Waals surface area (Å²) < 4.78 is 12.3. The Morgan fingerprint density at radius 3 is 2.70 bits per heavy atom. The number of hydrogen-bond acceptors (Lipinski definition) is 4. The maximum absolute atomic E-state index is 11.7. The van der Waals surface area contributed by atoms with Crippen molar-refractivity contribution in [1.82, 2.24) is 9.78 Å². The van der Waals surface area contributed by atoms with Crippen LogP contribution >= 0.6 is 0 Å². The summed E-state index contributed by atoms with van der Waals surface area (Å²) in [4.78, 5) is 11.7. The summed E-state index contributed by atoms with van der Waals surface area (Å²) in [6, 6.07) is 8.38. The van der Waals surface area contributed by atoms with Crippen molar-refractivity contribution < 1.29 is 9.47 Å². The second-order valence-corrected chi connectivity index (χ2v) is 4.81. The molecule has 2 rings (SSSR count). The van der Waals surface area contributed by atoms with Gasteiger partial charge in [-0.2, -0.15) is 9.78 Å². The van der Waals surface area contributed by atoms with E-state index in [2.05, 4.69) is 18.9 Å². The second-order valence-electron chi connectivity index (χ2n) is 4.81. The zero-order valence-electron chi connectivity index (χ0n) is 11.9. The molecule has 5 nitrogen and oxygen atoms in total. The summed E-state index contributed by atoms with van der Waals surface area (Å²) in [5.74, 6) is 1.67. The van der Waals surface area contributed by atoms with Crippen LogP contribution in [0.15, 0.2) is 41.3 Å². The zero-order valence-corrected chi connectivity index (χ0v) is 11.9. The largest absolute Gasteiger partial charge is 0.493 e. The van der Waals surface area contributed by atoms with E-state index in [1.54, 1.807) is 37.6 Å². The lowest BCUT2D eigenvalue weighted by molar-refractivity contribution is 0.257. The van der Waals surface area contributed by atoms with Crippen molar-refractivity contribution in [1.29, 1.82) is 0 Å². The highest BCUT2D eigenvalue weighted by molar-refractivity contribution is 5.48. The molecule has 1 aromatic heterocycles. The summed E-state index contributed by atoms with van der Waals surface area (Å²) in [5.41, 5.74) is 0.453. The zero-order chi connectivity index (χ0) is 14.5. The molecule has 0 saturated heterocycles. The Kier molecular flexibility index (Phi) is 4.40. The molecule has 0 atom stereocenters. The number of methoxy groups -OCH3 is 1. The highest BCUT2D eigenvalue weighted by atomic mass is 16.5. The van der Waals surface area contributed by atoms with Crippen LogP contribution in [0.1, 0.15) is 13.8 Å². The van der Waals surface area contributed by atoms with Crippen LogP contribution in [-0.2, 0) is 0 Å². The van der Waals surface area contributed by atoms with Gasteiger partial charge in [-0.3, -0.25) is 4.79 Å². The van der Waals surface area contributed by atoms with E-state index in [1.807, 2.05) is 0 Å². The van der Waals surface area contributed by atoms with Crippen molar-refractivity contribution in [3.05, 3.63) is 46.9 Å². The third kappa shape index (κ3) is 3.17. The normalized spacial score (nSPS) is 10.6. The Balaban J connectivity index is 2.34. The molecule has 0 saturated carbocycles. The van der Waals surface area contributed by atoms with E-state index in [0.717, 1.165) is 0 Å². The third-order valence-corrected chi connectivity index (χ3v) is 2.68. The van der Waals surface area contributed by atoms with Gasteiger partial charge in [-0.15, -0.1) is 0 Å². The van der Waals surface area contributed by atoms with Crippen LogP contribution < -0.4 is 15.0 Å². The fraction of sp³-hybridized carbons (Fsp3) is 0.333. The standard InChI is InChI=1S/C15H18N2O3/c1-11(2)10-20-13-7-6-12(9-14(13)19-3)17-15(18)5-4-8-16-17/h4-9,11H,10H2,1-3H3. The Hall–Kier alpha value is -2.30. The summed E-state index contributed by atoms with van der Waals surface area (Å²) in [6.07, 6.45) is 1.57. The van der Waals surface area contributed by atoms with Crippen molar-refractivity contribution in [2.45, 2.75) is 13.8 Å². The molecule has 106 valence electrons. The number of nitrogens with zero attached hydrogens (tertiary/aromatic N) is 2. The van der Waals surface area contributed by atoms with Gasteiger partial charge in [-0.25, -0.2) is 0 Å². The van der Waals surface area contributed by atoms with Crippen molar-refractivity contribution in [3.63, 3.8) is 0 Å². The molecule has 20 heavy (non-hydrogen) atoms. The molecule has 0 N–H and O–H groups in total. The van der Waals surface area contributed by atoms with Gasteiger partial charge in [0.2, 0.25) is 0 Å². The van der Waals surface area contributed by atoms with Gasteiger partial charge in [-0.1, -0.05) is 13.8 Å². The Bertz CT molecular complexity index is 635. The quantitative estimate of drug-likeness (QED) is 0.839. The Morgan fingerprint density at radius 1 is 1.25 bits per heavy atom. The number of aromatic nitrogens is 2. The summed E-state index contributed by atoms with van der Waals surface area (Å²) >= 11 is 0. The molecular formula is C15H18N2O3. The topological polar surface area (TPSA) is 53.4 Å². The van der Waals surface area contributed by atoms with Gasteiger partial charge in [0.05, 0.1) is 19.4 Å². The third-order valence-electron chi connectivity index (χ3n) is 2.68. The number of benzene rings is 1. The van der Waals surface area contributed by atoms with Crippen LogP contribution in [0.3, 0.4) is 0 Å². The first-order valence-corrected chi connectivity index (χ1v) is 6.47. The van der Waals surface area contributed by atoms with E-state index < -0.39 is 0 Å². The van der Waals surface area contributed by atoms with Crippen LogP contribution in [0, 0.1) is 5.92 Å². The van der Waals surface area contributed by atoms with Crippen LogP contribution in [0.25, 0.3) is 5.69 Å². The van der Waals surface area contributed by atoms with Gasteiger partial charge in [0.1, 0.15) is 0 Å². The van der Waals surface area contributed by atoms with Crippen LogP contribution in [0.2, 0.25) is 0 Å². The summed E-state index contributed by atoms with van der Waals surface area (Å²) in [6.45, 7) is 4.77. The minimum atomic E-state index is -0.189. The number of hydrogen-bond donors (Lipinski definition) is 0. The van der Waals surface area contributed by atoms with Gasteiger partial charge in [0, 0.05) is 18.3 Å². The molecule has 0 fully saturated rings. The minimum absolute atomic E-state index is 0.189. The van der Waals surface area contributed by atoms with Gasteiger partial charge in [0.25, 0.3) is 5.56 Å². The second kappa shape index (κ2) is 6.23. The maximum atomic E-state index is 11.7. The van der Waals surface area contributed by atoms with E-state index in [0.29, 0.717) is 29.7 Å². The maximum Gasteiger partial charge on any atom is 0.271 e. The van der Waals surface area contributed by atoms with Crippen molar-refractivity contribution >= 4 is 0 Å². The minimum Gasteiger partial charge on any atom is -0.493 e. The van der Waals surface area contributed by atoms with E-state index in [-0.39, 0.29) is 5.56 Å². The summed E-state index contributed by atoms with van der Waals surface area (Å²) in [5, 5.41) is 4.04. The van der Waals surface area contributed by atoms with Gasteiger partial charge < -0.3 is 9.47 Å². The molecule has 0 aliphatic rings. The molecular weight excluding hydrogens is 256 g/mol. The van der Waals surface area contributed by atoms with Crippen LogP contribution in [0.4, 0.5) is 0 Å². The van der Waals surface area contributed by atoms with Gasteiger partial charge in [0.15, 0.2) is 11.5 Å². The molecule has 1 heterocycles. The number of ether oxygens (including phenoxy) is 2. The molecule has 0 aliphatic heterocycles. The van der Waals surface area contributed by atoms with Crippen molar-refractivity contribution in [2.24, 2.45) is 5.92 Å². The summed E-state index contributed by atoms with van der Waals surface area (Å²) in [7, 11) is 1.57. The predicted molar refractivity (Wildman–Crippen MR) is 76.7 cm³/mol. The highest BCUT2D eigenvalue weighted by Crippen LogP contribution is 2.29. The van der Waals surface area contributed by atoms with Gasteiger partial charge >= 0.3 is 0 Å². The average molecular weight is 274 g/mol. The van der Waals surface area contributed by atoms with Crippen LogP contribution in [-0.4, -0.2) is 23.5 Å². The lowest BCUT2D eigenvalue weighted by Gasteiger charge is -2.13. The van der Waals surface area contributed by atoms with Gasteiger partial charge in [-0.05, 0) is 24.1 Å². The number of rotatable bonds is 5. The fourth-order valence-corrected chi connectivity index (χ4v) is 1.72. The first-order chi connectivity index (χ1) is 9.61. The molecule has 2 aromatic rings. The molecule has 0 radical (unpaired) electrons. The first kappa shape index (κ1) is 14.1. The molecule has 0 unspecified atom stereocenters. The predicted octanol–water partition coefficient (Wildman–Crippen LogP) is 2.28. The molecule has 0 aliphatic carbocycles. The van der Waals surface area contributed by atoms with E-state index >= 15 is 0 Å². The van der Waals surface area contributed by atoms with Crippen molar-refractivity contribution in [3.8, 4) is 17.2 Å². The van der Waals surface area contributed by atoms with Crippen molar-refractivity contribution in [2.75, 3.05) is 13.7 Å². The highest BCUT2D eigenvalue weighted by Gasteiger charge is 2.09. The lowest BCUT2D eigenvalue weighted by Crippen LogP contribution is -2.19. The van der Waals surface area contributed by atoms with E-state index in [9.17, 15) is 4.79 Å². The first-order valence-electron chi connectivity index (χ1n) is 6.47. The smallest absolute Gasteiger partial charge is 0.271 e.